The van der Waals surface area contributed by atoms with Gasteiger partial charge in [-0.3, -0.25) is 13.6 Å². The lowest BCUT2D eigenvalue weighted by Crippen LogP contribution is -2.39. The molecule has 0 saturated carbocycles. The summed E-state index contributed by atoms with van der Waals surface area (Å²) in [5.74, 6) is 0. The highest BCUT2D eigenvalue weighted by molar-refractivity contribution is 7.48. The highest BCUT2D eigenvalue weighted by Crippen LogP contribution is 2.49. The molecule has 1 aromatic rings. The summed E-state index contributed by atoms with van der Waals surface area (Å²) in [6.07, 6.45) is 1.91. The largest absolute Gasteiger partial charge is 0.475 e. The van der Waals surface area contributed by atoms with Gasteiger partial charge in [0.15, 0.2) is 0 Å². The van der Waals surface area contributed by atoms with Crippen LogP contribution in [0.1, 0.15) is 13.8 Å². The summed E-state index contributed by atoms with van der Waals surface area (Å²) in [5.41, 5.74) is 2.17. The van der Waals surface area contributed by atoms with E-state index < -0.39 is 15.9 Å². The molecule has 118 valence electrons. The Morgan fingerprint density at radius 3 is 2.14 bits per heavy atom. The van der Waals surface area contributed by atoms with Gasteiger partial charge in [-0.25, -0.2) is 4.57 Å². The lowest BCUT2D eigenvalue weighted by atomic mass is 10.4. The van der Waals surface area contributed by atoms with Crippen LogP contribution in [0.2, 0.25) is 13.1 Å². The molecule has 0 aromatic heterocycles. The third-order valence-electron chi connectivity index (χ3n) is 2.96. The quantitative estimate of drug-likeness (QED) is 0.509. The number of benzene rings is 1. The maximum Gasteiger partial charge on any atom is 0.475 e. The minimum Gasteiger partial charge on any atom is -0.287 e. The molecule has 1 rings (SSSR count). The molecule has 0 heterocycles. The summed E-state index contributed by atoms with van der Waals surface area (Å²) >= 11 is 0. The molecule has 0 fully saturated rings. The molecule has 0 atom stereocenters. The van der Waals surface area contributed by atoms with Crippen molar-refractivity contribution in [1.29, 1.82) is 0 Å². The molecule has 0 saturated heterocycles. The smallest absolute Gasteiger partial charge is 0.287 e. The summed E-state index contributed by atoms with van der Waals surface area (Å²) in [6, 6.07) is 10.4. The van der Waals surface area contributed by atoms with Gasteiger partial charge in [-0.05, 0) is 13.8 Å². The fourth-order valence-corrected chi connectivity index (χ4v) is 4.92. The van der Waals surface area contributed by atoms with Gasteiger partial charge >= 0.3 is 7.82 Å². The Hall–Kier alpha value is -0.713. The minimum atomic E-state index is -3.41. The number of phosphoric ester groups is 1. The monoisotopic (exact) mass is 328 g/mol. The van der Waals surface area contributed by atoms with Gasteiger partial charge in [0.25, 0.3) is 0 Å². The zero-order valence-corrected chi connectivity index (χ0v) is 15.1. The highest BCUT2D eigenvalue weighted by Gasteiger charge is 2.25. The number of phosphoric acid groups is 1. The van der Waals surface area contributed by atoms with Crippen molar-refractivity contribution in [2.24, 2.45) is 0 Å². The lowest BCUT2D eigenvalue weighted by molar-refractivity contribution is 0.131. The van der Waals surface area contributed by atoms with Crippen LogP contribution in [0, 0.1) is 0 Å². The second-order valence-electron chi connectivity index (χ2n) is 5.07. The van der Waals surface area contributed by atoms with E-state index in [1.54, 1.807) is 13.8 Å². The fraction of sp³-hybridized carbons (Fsp3) is 0.467. The van der Waals surface area contributed by atoms with Gasteiger partial charge in [0.2, 0.25) is 0 Å². The maximum atomic E-state index is 12.1. The van der Waals surface area contributed by atoms with Gasteiger partial charge in [-0.15, -0.1) is 0 Å². The fourth-order valence-electron chi connectivity index (χ4n) is 1.87. The molecule has 0 N–H and O–H groups in total. The van der Waals surface area contributed by atoms with Crippen molar-refractivity contribution < 1.29 is 18.1 Å². The Balaban J connectivity index is 2.59. The summed E-state index contributed by atoms with van der Waals surface area (Å²) < 4.78 is 27.6. The van der Waals surface area contributed by atoms with E-state index in [2.05, 4.69) is 30.9 Å². The van der Waals surface area contributed by atoms with Gasteiger partial charge in [0.1, 0.15) is 8.07 Å². The molecule has 0 bridgehead atoms. The summed E-state index contributed by atoms with van der Waals surface area (Å²) in [4.78, 5) is 0. The van der Waals surface area contributed by atoms with Gasteiger partial charge in [0, 0.05) is 0 Å². The predicted molar refractivity (Wildman–Crippen MR) is 89.5 cm³/mol. The van der Waals surface area contributed by atoms with E-state index in [4.69, 9.17) is 13.6 Å². The molecule has 4 nitrogen and oxygen atoms in total. The summed E-state index contributed by atoms with van der Waals surface area (Å²) in [7, 11) is -5.05. The van der Waals surface area contributed by atoms with Crippen molar-refractivity contribution in [3.8, 4) is 0 Å². The van der Waals surface area contributed by atoms with Gasteiger partial charge < -0.3 is 0 Å². The molecule has 0 radical (unpaired) electrons. The summed E-state index contributed by atoms with van der Waals surface area (Å²) in [6.45, 7) is 8.84. The molecule has 1 aromatic carbocycles. The molecule has 0 aliphatic carbocycles. The SMILES string of the molecule is CCOP(=O)(OCC)OC/C=C/[Si](C)(C)c1ccccc1. The van der Waals surface area contributed by atoms with Gasteiger partial charge in [-0.1, -0.05) is 60.4 Å². The van der Waals surface area contributed by atoms with Crippen LogP contribution in [-0.2, 0) is 18.1 Å². The van der Waals surface area contributed by atoms with Crippen LogP contribution >= 0.6 is 7.82 Å². The average Bonchev–Trinajstić information content (AvgIpc) is 2.45. The van der Waals surface area contributed by atoms with E-state index in [0.29, 0.717) is 13.2 Å². The normalized spacial score (nSPS) is 13.0. The standard InChI is InChI=1S/C15H25O4PSi/c1-5-17-20(16,18-6-2)19-13-10-14-21(3,4)15-11-8-7-9-12-15/h7-12,14H,5-6,13H2,1-4H3/b14-10+. The molecule has 0 aliphatic rings. The van der Waals surface area contributed by atoms with E-state index in [1.807, 2.05) is 24.3 Å². The first-order valence-electron chi connectivity index (χ1n) is 7.20. The molecule has 0 amide bonds. The zero-order valence-electron chi connectivity index (χ0n) is 13.2. The van der Waals surface area contributed by atoms with Gasteiger partial charge in [-0.2, -0.15) is 0 Å². The van der Waals surface area contributed by atoms with Crippen LogP contribution in [-0.4, -0.2) is 27.9 Å². The van der Waals surface area contributed by atoms with Crippen LogP contribution in [0.5, 0.6) is 0 Å². The Kier molecular flexibility index (Phi) is 7.56. The molecule has 6 heteroatoms. The second-order valence-corrected chi connectivity index (χ2v) is 11.1. The number of rotatable bonds is 9. The van der Waals surface area contributed by atoms with Crippen LogP contribution in [0.3, 0.4) is 0 Å². The van der Waals surface area contributed by atoms with E-state index in [9.17, 15) is 4.57 Å². The van der Waals surface area contributed by atoms with E-state index in [-0.39, 0.29) is 6.61 Å². The second kappa shape index (κ2) is 8.66. The van der Waals surface area contributed by atoms with Crippen LogP contribution in [0.25, 0.3) is 0 Å². The third kappa shape index (κ3) is 6.28. The maximum absolute atomic E-state index is 12.1. The van der Waals surface area contributed by atoms with E-state index in [1.165, 1.54) is 5.19 Å². The molecule has 0 unspecified atom stereocenters. The molecular weight excluding hydrogens is 303 g/mol. The third-order valence-corrected chi connectivity index (χ3v) is 7.46. The van der Waals surface area contributed by atoms with Crippen LogP contribution in [0.4, 0.5) is 0 Å². The molecule has 21 heavy (non-hydrogen) atoms. The summed E-state index contributed by atoms with van der Waals surface area (Å²) in [5, 5.41) is 1.35. The predicted octanol–water partition coefficient (Wildman–Crippen LogP) is 3.90. The van der Waals surface area contributed by atoms with Crippen LogP contribution in [0.15, 0.2) is 42.1 Å². The Labute approximate surface area is 128 Å². The van der Waals surface area contributed by atoms with Crippen molar-refractivity contribution in [2.75, 3.05) is 19.8 Å². The van der Waals surface area contributed by atoms with Crippen molar-refractivity contribution in [1.82, 2.24) is 0 Å². The van der Waals surface area contributed by atoms with Gasteiger partial charge in [0.05, 0.1) is 19.8 Å². The van der Waals surface area contributed by atoms with Crippen molar-refractivity contribution >= 4 is 21.1 Å². The van der Waals surface area contributed by atoms with E-state index >= 15 is 0 Å². The Morgan fingerprint density at radius 2 is 1.62 bits per heavy atom. The Morgan fingerprint density at radius 1 is 1.05 bits per heavy atom. The van der Waals surface area contributed by atoms with E-state index in [0.717, 1.165) is 0 Å². The number of hydrogen-bond donors (Lipinski definition) is 0. The highest BCUT2D eigenvalue weighted by atomic mass is 31.2. The first-order valence-corrected chi connectivity index (χ1v) is 11.7. The average molecular weight is 328 g/mol. The minimum absolute atomic E-state index is 0.223. The van der Waals surface area contributed by atoms with Crippen LogP contribution < -0.4 is 5.19 Å². The first-order chi connectivity index (χ1) is 9.93. The molecular formula is C15H25O4PSi. The topological polar surface area (TPSA) is 44.8 Å². The molecule has 0 aliphatic heterocycles. The zero-order chi connectivity index (χ0) is 15.8. The molecule has 0 spiro atoms. The number of hydrogen-bond acceptors (Lipinski definition) is 4. The van der Waals surface area contributed by atoms with Crippen molar-refractivity contribution in [3.05, 3.63) is 42.1 Å². The van der Waals surface area contributed by atoms with Crippen molar-refractivity contribution in [2.45, 2.75) is 26.9 Å². The Bertz CT molecular complexity index is 478. The lowest BCUT2D eigenvalue weighted by Gasteiger charge is -2.19. The van der Waals surface area contributed by atoms with Crippen molar-refractivity contribution in [3.63, 3.8) is 0 Å². The first kappa shape index (κ1) is 18.3.